The summed E-state index contributed by atoms with van der Waals surface area (Å²) in [4.78, 5) is 0. The Morgan fingerprint density at radius 3 is 2.57 bits per heavy atom. The van der Waals surface area contributed by atoms with E-state index in [1.807, 2.05) is 6.92 Å². The van der Waals surface area contributed by atoms with Crippen LogP contribution >= 0.6 is 0 Å². The SMILES string of the molecule is CC(O)CC(C)NCC1CCOCC1. The van der Waals surface area contributed by atoms with Crippen LogP contribution in [0.3, 0.4) is 0 Å². The third-order valence-electron chi connectivity index (χ3n) is 2.79. The van der Waals surface area contributed by atoms with Crippen molar-refractivity contribution in [2.75, 3.05) is 19.8 Å². The zero-order chi connectivity index (χ0) is 10.4. The first-order valence-electron chi connectivity index (χ1n) is 5.67. The topological polar surface area (TPSA) is 41.5 Å². The second kappa shape index (κ2) is 6.38. The highest BCUT2D eigenvalue weighted by molar-refractivity contribution is 4.70. The van der Waals surface area contributed by atoms with Gasteiger partial charge in [0.1, 0.15) is 0 Å². The van der Waals surface area contributed by atoms with Crippen molar-refractivity contribution >= 4 is 0 Å². The van der Waals surface area contributed by atoms with Gasteiger partial charge in [-0.05, 0) is 45.6 Å². The number of hydrogen-bond donors (Lipinski definition) is 2. The fourth-order valence-corrected chi connectivity index (χ4v) is 1.91. The van der Waals surface area contributed by atoms with Gasteiger partial charge in [0.05, 0.1) is 6.10 Å². The Labute approximate surface area is 86.8 Å². The van der Waals surface area contributed by atoms with Crippen molar-refractivity contribution in [2.24, 2.45) is 5.92 Å². The second-order valence-electron chi connectivity index (χ2n) is 4.45. The van der Waals surface area contributed by atoms with Gasteiger partial charge in [-0.2, -0.15) is 0 Å². The molecule has 3 heteroatoms. The molecule has 84 valence electrons. The average molecular weight is 201 g/mol. The number of aliphatic hydroxyl groups excluding tert-OH is 1. The largest absolute Gasteiger partial charge is 0.393 e. The van der Waals surface area contributed by atoms with E-state index in [4.69, 9.17) is 4.74 Å². The molecular weight excluding hydrogens is 178 g/mol. The Morgan fingerprint density at radius 2 is 2.00 bits per heavy atom. The molecule has 3 nitrogen and oxygen atoms in total. The van der Waals surface area contributed by atoms with Crippen LogP contribution in [-0.4, -0.2) is 37.0 Å². The van der Waals surface area contributed by atoms with Gasteiger partial charge in [0.2, 0.25) is 0 Å². The van der Waals surface area contributed by atoms with Gasteiger partial charge < -0.3 is 15.2 Å². The maximum Gasteiger partial charge on any atom is 0.0526 e. The third-order valence-corrected chi connectivity index (χ3v) is 2.79. The lowest BCUT2D eigenvalue weighted by Crippen LogP contribution is -2.35. The molecule has 0 radical (unpaired) electrons. The molecular formula is C11H23NO2. The molecule has 0 aromatic heterocycles. The number of ether oxygens (including phenoxy) is 1. The summed E-state index contributed by atoms with van der Waals surface area (Å²) in [5, 5.41) is 12.7. The number of hydrogen-bond acceptors (Lipinski definition) is 3. The molecule has 14 heavy (non-hydrogen) atoms. The Hall–Kier alpha value is -0.120. The minimum atomic E-state index is -0.202. The van der Waals surface area contributed by atoms with Gasteiger partial charge in [0, 0.05) is 19.3 Å². The fraction of sp³-hybridized carbons (Fsp3) is 1.00. The summed E-state index contributed by atoms with van der Waals surface area (Å²) in [5.41, 5.74) is 0. The highest BCUT2D eigenvalue weighted by Crippen LogP contribution is 2.13. The highest BCUT2D eigenvalue weighted by atomic mass is 16.5. The van der Waals surface area contributed by atoms with Gasteiger partial charge in [-0.25, -0.2) is 0 Å². The average Bonchev–Trinajstić information content (AvgIpc) is 2.15. The van der Waals surface area contributed by atoms with Crippen LogP contribution in [0.15, 0.2) is 0 Å². The molecule has 0 amide bonds. The van der Waals surface area contributed by atoms with Crippen molar-refractivity contribution in [2.45, 2.75) is 45.3 Å². The summed E-state index contributed by atoms with van der Waals surface area (Å²) >= 11 is 0. The quantitative estimate of drug-likeness (QED) is 0.701. The molecule has 1 saturated heterocycles. The zero-order valence-electron chi connectivity index (χ0n) is 9.33. The van der Waals surface area contributed by atoms with Crippen LogP contribution in [0.25, 0.3) is 0 Å². The Balaban J connectivity index is 2.06. The van der Waals surface area contributed by atoms with Crippen LogP contribution in [0.1, 0.15) is 33.1 Å². The number of aliphatic hydroxyl groups is 1. The smallest absolute Gasteiger partial charge is 0.0526 e. The first kappa shape index (κ1) is 12.0. The number of rotatable bonds is 5. The van der Waals surface area contributed by atoms with E-state index in [0.717, 1.165) is 32.1 Å². The predicted octanol–water partition coefficient (Wildman–Crippen LogP) is 1.16. The van der Waals surface area contributed by atoms with Gasteiger partial charge in [-0.15, -0.1) is 0 Å². The first-order valence-corrected chi connectivity index (χ1v) is 5.67. The lowest BCUT2D eigenvalue weighted by molar-refractivity contribution is 0.0648. The van der Waals surface area contributed by atoms with E-state index >= 15 is 0 Å². The van der Waals surface area contributed by atoms with Gasteiger partial charge >= 0.3 is 0 Å². The summed E-state index contributed by atoms with van der Waals surface area (Å²) in [7, 11) is 0. The van der Waals surface area contributed by atoms with Crippen LogP contribution in [0.5, 0.6) is 0 Å². The molecule has 0 aromatic rings. The third kappa shape index (κ3) is 4.94. The molecule has 0 aromatic carbocycles. The molecule has 2 atom stereocenters. The van der Waals surface area contributed by atoms with Crippen molar-refractivity contribution in [1.82, 2.24) is 5.32 Å². The van der Waals surface area contributed by atoms with Crippen LogP contribution in [0.2, 0.25) is 0 Å². The Bertz CT molecular complexity index is 144. The molecule has 1 aliphatic heterocycles. The lowest BCUT2D eigenvalue weighted by Gasteiger charge is -2.24. The monoisotopic (exact) mass is 201 g/mol. The molecule has 1 rings (SSSR count). The highest BCUT2D eigenvalue weighted by Gasteiger charge is 2.14. The summed E-state index contributed by atoms with van der Waals surface area (Å²) < 4.78 is 5.30. The van der Waals surface area contributed by atoms with Gasteiger partial charge in [0.25, 0.3) is 0 Å². The minimum Gasteiger partial charge on any atom is -0.393 e. The molecule has 2 unspecified atom stereocenters. The van der Waals surface area contributed by atoms with Crippen molar-refractivity contribution in [3.8, 4) is 0 Å². The van der Waals surface area contributed by atoms with Crippen LogP contribution in [-0.2, 0) is 4.74 Å². The second-order valence-corrected chi connectivity index (χ2v) is 4.45. The molecule has 0 bridgehead atoms. The van der Waals surface area contributed by atoms with Crippen LogP contribution < -0.4 is 5.32 Å². The van der Waals surface area contributed by atoms with E-state index in [1.54, 1.807) is 0 Å². The van der Waals surface area contributed by atoms with Gasteiger partial charge in [-0.1, -0.05) is 0 Å². The standard InChI is InChI=1S/C11H23NO2/c1-9(7-10(2)13)12-8-11-3-5-14-6-4-11/h9-13H,3-8H2,1-2H3. The maximum atomic E-state index is 9.20. The van der Waals surface area contributed by atoms with Gasteiger partial charge in [-0.3, -0.25) is 0 Å². The molecule has 0 saturated carbocycles. The van der Waals surface area contributed by atoms with Crippen LogP contribution in [0, 0.1) is 5.92 Å². The van der Waals surface area contributed by atoms with E-state index in [9.17, 15) is 5.11 Å². The van der Waals surface area contributed by atoms with E-state index < -0.39 is 0 Å². The van der Waals surface area contributed by atoms with Crippen molar-refractivity contribution < 1.29 is 9.84 Å². The lowest BCUT2D eigenvalue weighted by atomic mass is 10.00. The molecule has 2 N–H and O–H groups in total. The first-order chi connectivity index (χ1) is 6.68. The molecule has 0 aliphatic carbocycles. The van der Waals surface area contributed by atoms with Crippen molar-refractivity contribution in [1.29, 1.82) is 0 Å². The minimum absolute atomic E-state index is 0.202. The molecule has 1 heterocycles. The predicted molar refractivity (Wildman–Crippen MR) is 57.3 cm³/mol. The van der Waals surface area contributed by atoms with E-state index in [1.165, 1.54) is 12.8 Å². The molecule has 0 spiro atoms. The molecule has 1 fully saturated rings. The summed E-state index contributed by atoms with van der Waals surface area (Å²) in [6.45, 7) is 6.87. The molecule has 1 aliphatic rings. The Morgan fingerprint density at radius 1 is 1.36 bits per heavy atom. The maximum absolute atomic E-state index is 9.20. The van der Waals surface area contributed by atoms with E-state index in [2.05, 4.69) is 12.2 Å². The normalized spacial score (nSPS) is 23.4. The Kier molecular flexibility index (Phi) is 5.45. The fourth-order valence-electron chi connectivity index (χ4n) is 1.91. The van der Waals surface area contributed by atoms with Crippen molar-refractivity contribution in [3.05, 3.63) is 0 Å². The van der Waals surface area contributed by atoms with Crippen molar-refractivity contribution in [3.63, 3.8) is 0 Å². The summed E-state index contributed by atoms with van der Waals surface area (Å²) in [5.74, 6) is 0.764. The van der Waals surface area contributed by atoms with Gasteiger partial charge in [0.15, 0.2) is 0 Å². The van der Waals surface area contributed by atoms with Crippen LogP contribution in [0.4, 0.5) is 0 Å². The van der Waals surface area contributed by atoms with E-state index in [0.29, 0.717) is 6.04 Å². The summed E-state index contributed by atoms with van der Waals surface area (Å²) in [6.07, 6.45) is 2.98. The van der Waals surface area contributed by atoms with E-state index in [-0.39, 0.29) is 6.10 Å². The zero-order valence-corrected chi connectivity index (χ0v) is 9.33. The number of nitrogens with one attached hydrogen (secondary N) is 1. The summed E-state index contributed by atoms with van der Waals surface area (Å²) in [6, 6.07) is 0.415.